The summed E-state index contributed by atoms with van der Waals surface area (Å²) in [6.45, 7) is 0. The largest absolute Gasteiger partial charge is 0.493 e. The number of hydrogen-bond acceptors (Lipinski definition) is 5. The Morgan fingerprint density at radius 1 is 0.815 bits per heavy atom. The molecule has 0 atom stereocenters. The maximum absolute atomic E-state index is 12.9. The van der Waals surface area contributed by atoms with E-state index in [0.29, 0.717) is 17.2 Å². The first kappa shape index (κ1) is 19.1. The van der Waals surface area contributed by atoms with Gasteiger partial charge < -0.3 is 9.47 Å². The monoisotopic (exact) mass is 401 g/mol. The van der Waals surface area contributed by atoms with Gasteiger partial charge in [-0.3, -0.25) is 4.72 Å². The molecule has 0 bridgehead atoms. The molecule has 0 amide bonds. The molecule has 0 saturated carbocycles. The summed E-state index contributed by atoms with van der Waals surface area (Å²) in [5.74, 6) is 0.823. The highest BCUT2D eigenvalue weighted by atomic mass is 32.2. The standard InChI is InChI=1S/C20H19NO4S2/c1-24-18-13-12-16(14-19(18)25-2)27(22,23)21-17-10-6-7-11-20(17)26-15-8-4-3-5-9-15/h3-14,21H,1-2H3. The molecule has 3 aromatic carbocycles. The van der Waals surface area contributed by atoms with Crippen LogP contribution in [0.1, 0.15) is 0 Å². The molecule has 5 nitrogen and oxygen atoms in total. The number of sulfonamides is 1. The second-order valence-corrected chi connectivity index (χ2v) is 8.33. The molecule has 3 aromatic rings. The third-order valence-corrected chi connectivity index (χ3v) is 6.21. The van der Waals surface area contributed by atoms with Crippen LogP contribution in [0.4, 0.5) is 5.69 Å². The summed E-state index contributed by atoms with van der Waals surface area (Å²) in [6, 6.07) is 21.6. The van der Waals surface area contributed by atoms with Gasteiger partial charge in [0.05, 0.1) is 24.8 Å². The lowest BCUT2D eigenvalue weighted by atomic mass is 10.3. The van der Waals surface area contributed by atoms with Gasteiger partial charge >= 0.3 is 0 Å². The molecule has 0 radical (unpaired) electrons. The van der Waals surface area contributed by atoms with E-state index in [2.05, 4.69) is 4.72 Å². The Bertz CT molecular complexity index is 1020. The first-order valence-corrected chi connectivity index (χ1v) is 10.4. The Hall–Kier alpha value is -2.64. The van der Waals surface area contributed by atoms with Gasteiger partial charge in [-0.2, -0.15) is 0 Å². The molecule has 140 valence electrons. The van der Waals surface area contributed by atoms with Crippen molar-refractivity contribution in [2.24, 2.45) is 0 Å². The van der Waals surface area contributed by atoms with Gasteiger partial charge in [-0.15, -0.1) is 0 Å². The average Bonchev–Trinajstić information content (AvgIpc) is 2.69. The van der Waals surface area contributed by atoms with Crippen LogP contribution in [0.25, 0.3) is 0 Å². The first-order valence-electron chi connectivity index (χ1n) is 8.10. The van der Waals surface area contributed by atoms with Gasteiger partial charge in [-0.1, -0.05) is 42.1 Å². The molecule has 0 heterocycles. The zero-order chi connectivity index (χ0) is 19.3. The Balaban J connectivity index is 1.90. The van der Waals surface area contributed by atoms with Crippen LogP contribution in [0.3, 0.4) is 0 Å². The van der Waals surface area contributed by atoms with E-state index in [1.54, 1.807) is 18.2 Å². The van der Waals surface area contributed by atoms with Crippen LogP contribution < -0.4 is 14.2 Å². The molecule has 0 spiro atoms. The SMILES string of the molecule is COc1ccc(S(=O)(=O)Nc2ccccc2Sc2ccccc2)cc1OC. The predicted octanol–water partition coefficient (Wildman–Crippen LogP) is 4.66. The summed E-state index contributed by atoms with van der Waals surface area (Å²) in [6.07, 6.45) is 0. The van der Waals surface area contributed by atoms with Crippen molar-refractivity contribution in [3.63, 3.8) is 0 Å². The summed E-state index contributed by atoms with van der Waals surface area (Å²) < 4.78 is 38.7. The van der Waals surface area contributed by atoms with Crippen molar-refractivity contribution < 1.29 is 17.9 Å². The van der Waals surface area contributed by atoms with Gasteiger partial charge in [0.1, 0.15) is 0 Å². The summed E-state index contributed by atoms with van der Waals surface area (Å²) in [7, 11) is -0.818. The number of para-hydroxylation sites is 1. The van der Waals surface area contributed by atoms with E-state index in [0.717, 1.165) is 9.79 Å². The molecule has 0 unspecified atom stereocenters. The smallest absolute Gasteiger partial charge is 0.262 e. The molecule has 7 heteroatoms. The van der Waals surface area contributed by atoms with Crippen LogP contribution in [-0.4, -0.2) is 22.6 Å². The van der Waals surface area contributed by atoms with Crippen molar-refractivity contribution in [2.75, 3.05) is 18.9 Å². The molecule has 1 N–H and O–H groups in total. The van der Waals surface area contributed by atoms with Gasteiger partial charge in [0.2, 0.25) is 0 Å². The number of rotatable bonds is 7. The third kappa shape index (κ3) is 4.56. The van der Waals surface area contributed by atoms with Gasteiger partial charge in [-0.05, 0) is 36.4 Å². The van der Waals surface area contributed by atoms with Crippen LogP contribution >= 0.6 is 11.8 Å². The molecular weight excluding hydrogens is 382 g/mol. The number of nitrogens with one attached hydrogen (secondary N) is 1. The highest BCUT2D eigenvalue weighted by molar-refractivity contribution is 7.99. The highest BCUT2D eigenvalue weighted by Crippen LogP contribution is 2.35. The molecule has 27 heavy (non-hydrogen) atoms. The van der Waals surface area contributed by atoms with Crippen LogP contribution in [0.15, 0.2) is 87.5 Å². The second kappa shape index (κ2) is 8.37. The molecule has 0 saturated heterocycles. The minimum absolute atomic E-state index is 0.0969. The van der Waals surface area contributed by atoms with Gasteiger partial charge in [0.25, 0.3) is 10.0 Å². The van der Waals surface area contributed by atoms with Crippen LogP contribution in [0.2, 0.25) is 0 Å². The zero-order valence-corrected chi connectivity index (χ0v) is 16.5. The van der Waals surface area contributed by atoms with Crippen LogP contribution in [0, 0.1) is 0 Å². The maximum Gasteiger partial charge on any atom is 0.262 e. The lowest BCUT2D eigenvalue weighted by Crippen LogP contribution is -2.13. The minimum atomic E-state index is -3.78. The Morgan fingerprint density at radius 2 is 1.48 bits per heavy atom. The number of hydrogen-bond donors (Lipinski definition) is 1. The summed E-state index contributed by atoms with van der Waals surface area (Å²) in [5, 5.41) is 0. The van der Waals surface area contributed by atoms with Crippen molar-refractivity contribution in [1.29, 1.82) is 0 Å². The van der Waals surface area contributed by atoms with Gasteiger partial charge in [0, 0.05) is 15.9 Å². The summed E-state index contributed by atoms with van der Waals surface area (Å²) in [4.78, 5) is 1.93. The molecular formula is C20H19NO4S2. The molecule has 0 aliphatic carbocycles. The quantitative estimate of drug-likeness (QED) is 0.624. The van der Waals surface area contributed by atoms with E-state index >= 15 is 0 Å². The Labute approximate surface area is 163 Å². The van der Waals surface area contributed by atoms with E-state index in [4.69, 9.17) is 9.47 Å². The Morgan fingerprint density at radius 3 is 2.19 bits per heavy atom. The van der Waals surface area contributed by atoms with Crippen LogP contribution in [0.5, 0.6) is 11.5 Å². The molecule has 0 aliphatic heterocycles. The predicted molar refractivity (Wildman–Crippen MR) is 107 cm³/mol. The topological polar surface area (TPSA) is 64.6 Å². The zero-order valence-electron chi connectivity index (χ0n) is 14.9. The Kier molecular flexibility index (Phi) is 5.93. The lowest BCUT2D eigenvalue weighted by molar-refractivity contribution is 0.354. The van der Waals surface area contributed by atoms with Crippen molar-refractivity contribution >= 4 is 27.5 Å². The van der Waals surface area contributed by atoms with E-state index in [1.165, 1.54) is 38.1 Å². The molecule has 0 aliphatic rings. The average molecular weight is 402 g/mol. The highest BCUT2D eigenvalue weighted by Gasteiger charge is 2.18. The number of methoxy groups -OCH3 is 2. The first-order chi connectivity index (χ1) is 13.0. The number of ether oxygens (including phenoxy) is 2. The van der Waals surface area contributed by atoms with E-state index in [9.17, 15) is 8.42 Å². The lowest BCUT2D eigenvalue weighted by Gasteiger charge is -2.14. The fourth-order valence-electron chi connectivity index (χ4n) is 2.44. The molecule has 3 rings (SSSR count). The number of benzene rings is 3. The maximum atomic E-state index is 12.9. The molecule has 0 aromatic heterocycles. The van der Waals surface area contributed by atoms with Crippen molar-refractivity contribution in [1.82, 2.24) is 0 Å². The van der Waals surface area contributed by atoms with Gasteiger partial charge in [-0.25, -0.2) is 8.42 Å². The van der Waals surface area contributed by atoms with E-state index < -0.39 is 10.0 Å². The summed E-state index contributed by atoms with van der Waals surface area (Å²) >= 11 is 1.49. The molecule has 0 fully saturated rings. The fourth-order valence-corrected chi connectivity index (χ4v) is 4.52. The number of anilines is 1. The van der Waals surface area contributed by atoms with Crippen molar-refractivity contribution in [3.05, 3.63) is 72.8 Å². The van der Waals surface area contributed by atoms with Crippen LogP contribution in [-0.2, 0) is 10.0 Å². The second-order valence-electron chi connectivity index (χ2n) is 5.53. The van der Waals surface area contributed by atoms with Crippen molar-refractivity contribution in [2.45, 2.75) is 14.7 Å². The normalized spacial score (nSPS) is 11.0. The fraction of sp³-hybridized carbons (Fsp3) is 0.100. The minimum Gasteiger partial charge on any atom is -0.493 e. The van der Waals surface area contributed by atoms with Gasteiger partial charge in [0.15, 0.2) is 11.5 Å². The third-order valence-electron chi connectivity index (χ3n) is 3.77. The summed E-state index contributed by atoms with van der Waals surface area (Å²) in [5.41, 5.74) is 0.515. The van der Waals surface area contributed by atoms with E-state index in [-0.39, 0.29) is 4.90 Å². The van der Waals surface area contributed by atoms with E-state index in [1.807, 2.05) is 42.5 Å². The van der Waals surface area contributed by atoms with Crippen molar-refractivity contribution in [3.8, 4) is 11.5 Å².